The monoisotopic (exact) mass is 1460 g/mol. The van der Waals surface area contributed by atoms with E-state index in [1.54, 1.807) is 60.8 Å². The molecule has 0 radical (unpaired) electrons. The van der Waals surface area contributed by atoms with Crippen molar-refractivity contribution in [3.05, 3.63) is 75.0 Å². The average molecular weight is 1460 g/mol. The van der Waals surface area contributed by atoms with E-state index in [2.05, 4.69) is 109 Å². The number of hydrogen-bond donors (Lipinski definition) is 6. The molecular formula is C41H63ClI3N13O9S5. The van der Waals surface area contributed by atoms with Crippen LogP contribution in [0.25, 0.3) is 0 Å². The minimum atomic E-state index is -0.573. The second kappa shape index (κ2) is 48.6. The number of aromatic amines is 3. The van der Waals surface area contributed by atoms with Crippen LogP contribution in [-0.4, -0.2) is 110 Å². The smallest absolute Gasteiger partial charge is 0.407 e. The predicted molar refractivity (Wildman–Crippen MR) is 322 cm³/mol. The van der Waals surface area contributed by atoms with Crippen molar-refractivity contribution in [1.29, 1.82) is 15.8 Å². The lowest BCUT2D eigenvalue weighted by molar-refractivity contribution is -0.139. The Balaban J connectivity index is -0.000000185. The largest absolute Gasteiger partial charge is 0.468 e. The summed E-state index contributed by atoms with van der Waals surface area (Å²) >= 11 is 18.0. The van der Waals surface area contributed by atoms with Gasteiger partial charge in [0.25, 0.3) is 16.7 Å². The number of aryl methyl sites for hydroxylation is 3. The molecule has 22 nitrogen and oxygen atoms in total. The Bertz CT molecular complexity index is 2460. The Morgan fingerprint density at radius 3 is 1.50 bits per heavy atom. The molecule has 0 aliphatic heterocycles. The summed E-state index contributed by atoms with van der Waals surface area (Å²) in [7, 11) is 2.51. The van der Waals surface area contributed by atoms with Gasteiger partial charge >= 0.3 is 18.0 Å². The van der Waals surface area contributed by atoms with Crippen molar-refractivity contribution in [2.45, 2.75) is 96.1 Å². The molecule has 31 heteroatoms. The van der Waals surface area contributed by atoms with E-state index < -0.39 is 23.6 Å². The lowest BCUT2D eigenvalue weighted by Crippen LogP contribution is -2.34. The number of esters is 2. The molecule has 0 saturated carbocycles. The number of nitrogens with zero attached hydrogens (tertiary/aromatic N) is 7. The molecule has 0 atom stereocenters. The van der Waals surface area contributed by atoms with Gasteiger partial charge < -0.3 is 45.9 Å². The highest BCUT2D eigenvalue weighted by atomic mass is 128. The summed E-state index contributed by atoms with van der Waals surface area (Å²) in [5.41, 5.74) is 10.2. The number of thioether (sulfide) groups is 5. The molecule has 0 aliphatic rings. The third-order valence-electron chi connectivity index (χ3n) is 6.56. The van der Waals surface area contributed by atoms with Crippen LogP contribution >= 0.6 is 130 Å². The van der Waals surface area contributed by atoms with Gasteiger partial charge in [0.15, 0.2) is 5.57 Å². The van der Waals surface area contributed by atoms with E-state index >= 15 is 0 Å². The Kier molecular flexibility index (Phi) is 54.1. The molecule has 8 N–H and O–H groups in total. The Hall–Kier alpha value is -3.28. The Labute approximate surface area is 484 Å². The highest BCUT2D eigenvalue weighted by Crippen LogP contribution is 2.27. The number of carbonyl (C=O) groups is 3. The Morgan fingerprint density at radius 2 is 1.19 bits per heavy atom. The number of amides is 1. The summed E-state index contributed by atoms with van der Waals surface area (Å²) in [6, 6.07) is 5.28. The Morgan fingerprint density at radius 1 is 0.792 bits per heavy atom. The summed E-state index contributed by atoms with van der Waals surface area (Å²) in [6.45, 7) is 12.4. The lowest BCUT2D eigenvalue weighted by Gasteiger charge is -2.19. The number of nitrogens with two attached hydrogens (primary N) is 2. The van der Waals surface area contributed by atoms with E-state index in [4.69, 9.17) is 43.8 Å². The van der Waals surface area contributed by atoms with Gasteiger partial charge in [0.05, 0.1) is 42.2 Å². The van der Waals surface area contributed by atoms with Crippen LogP contribution in [0.4, 0.5) is 4.79 Å². The van der Waals surface area contributed by atoms with Crippen molar-refractivity contribution < 1.29 is 28.6 Å². The summed E-state index contributed by atoms with van der Waals surface area (Å²) < 4.78 is 17.4. The fourth-order valence-corrected chi connectivity index (χ4v) is 7.02. The van der Waals surface area contributed by atoms with Gasteiger partial charge in [-0.2, -0.15) is 20.3 Å². The molecule has 3 aromatic rings. The molecule has 404 valence electrons. The number of amidine groups is 1. The van der Waals surface area contributed by atoms with Crippen LogP contribution in [0.2, 0.25) is 0 Å². The van der Waals surface area contributed by atoms with E-state index in [1.807, 2.05) is 42.1 Å². The summed E-state index contributed by atoms with van der Waals surface area (Å²) in [5.74, 6) is 1.05. The number of hydrogen-bond acceptors (Lipinski definition) is 22. The van der Waals surface area contributed by atoms with Gasteiger partial charge in [-0.15, -0.1) is 58.8 Å². The number of methoxy groups -OCH3 is 2. The number of carbonyl (C=O) groups excluding carboxylic acids is 3. The molecule has 1 amide bonds. The van der Waals surface area contributed by atoms with E-state index in [1.165, 1.54) is 73.0 Å². The third kappa shape index (κ3) is 37.5. The molecule has 0 bridgehead atoms. The molecular weight excluding hydrogens is 1400 g/mol. The van der Waals surface area contributed by atoms with Gasteiger partial charge in [-0.05, 0) is 84.7 Å². The second-order valence-corrected chi connectivity index (χ2v) is 17.2. The number of H-pyrrole nitrogens is 3. The third-order valence-corrected chi connectivity index (χ3v) is 11.1. The number of nitriles is 3. The van der Waals surface area contributed by atoms with Crippen molar-refractivity contribution in [2.24, 2.45) is 16.0 Å². The van der Waals surface area contributed by atoms with Crippen molar-refractivity contribution >= 4 is 154 Å². The van der Waals surface area contributed by atoms with Crippen LogP contribution in [0.1, 0.15) is 75.7 Å². The maximum atomic E-state index is 11.8. The second-order valence-electron chi connectivity index (χ2n) is 12.8. The molecule has 0 saturated heterocycles. The van der Waals surface area contributed by atoms with E-state index in [0.29, 0.717) is 48.7 Å². The topological polar surface area (TPSA) is 364 Å². The van der Waals surface area contributed by atoms with Crippen LogP contribution in [0.5, 0.6) is 0 Å². The molecule has 3 rings (SSSR count). The number of alkyl carbamates (subject to hydrolysis) is 1. The molecule has 72 heavy (non-hydrogen) atoms. The first kappa shape index (κ1) is 80.1. The quantitative estimate of drug-likeness (QED) is 0.0106. The number of ether oxygens (including phenoxy) is 3. The van der Waals surface area contributed by atoms with Crippen LogP contribution in [0, 0.1) is 54.8 Å². The number of rotatable bonds is 10. The lowest BCUT2D eigenvalue weighted by atomic mass is 10.2. The van der Waals surface area contributed by atoms with Gasteiger partial charge in [-0.1, -0.05) is 30.0 Å². The van der Waals surface area contributed by atoms with Gasteiger partial charge in [0.1, 0.15) is 68.1 Å². The van der Waals surface area contributed by atoms with Crippen LogP contribution in [0.3, 0.4) is 0 Å². The van der Waals surface area contributed by atoms with E-state index in [0.717, 1.165) is 5.03 Å². The molecule has 0 aliphatic carbocycles. The van der Waals surface area contributed by atoms with E-state index in [9.17, 15) is 28.8 Å². The minimum Gasteiger partial charge on any atom is -0.468 e. The first-order valence-corrected chi connectivity index (χ1v) is 34.0. The van der Waals surface area contributed by atoms with Crippen LogP contribution in [-0.2, 0) is 36.9 Å². The van der Waals surface area contributed by atoms with E-state index in [-0.39, 0.29) is 54.8 Å². The zero-order valence-corrected chi connectivity index (χ0v) is 52.9. The fraction of sp³-hybridized carbons (Fsp3) is 0.488. The summed E-state index contributed by atoms with van der Waals surface area (Å²) in [6.07, 6.45) is 8.40. The molecule has 0 fully saturated rings. The number of alkyl halides is 1. The fourth-order valence-electron chi connectivity index (χ4n) is 3.82. The summed E-state index contributed by atoms with van der Waals surface area (Å²) in [5, 5.41) is 29.4. The normalized spacial score (nSPS) is 9.32. The first-order valence-electron chi connectivity index (χ1n) is 19.1. The summed E-state index contributed by atoms with van der Waals surface area (Å²) in [4.78, 5) is 88.7. The molecule has 3 heterocycles. The van der Waals surface area contributed by atoms with Crippen LogP contribution in [0.15, 0.2) is 43.8 Å². The van der Waals surface area contributed by atoms with Crippen molar-refractivity contribution in [2.75, 3.05) is 50.4 Å². The molecule has 0 unspecified atom stereocenters. The SMILES string of the molecule is C.CC(N)=NCl.CI.COC(=O)C(C#N)=C(SC)SC.COC(=O)CC#N.CSc1nc(C)[nH]c(=O)c1C#N.CSc1nc(C)[nH]c(=O)c1CN.CSc1nc(C)[nH]c(=O)c1CNC(=O)OC(C)(C)C.II. The van der Waals surface area contributed by atoms with Crippen molar-refractivity contribution in [1.82, 2.24) is 35.2 Å². The zero-order chi connectivity index (χ0) is 56.4. The van der Waals surface area contributed by atoms with Gasteiger partial charge in [-0.25, -0.2) is 24.5 Å². The van der Waals surface area contributed by atoms with Gasteiger partial charge in [-0.3, -0.25) is 19.2 Å². The standard InChI is InChI=1S/C12H19N3O3S.C7H11N3OS.C7H7N3OS.C7H9NO2S2.C4H5NO2.C2H5ClN2.CH3I.CH4.I2/c1-7-14-9(16)8(10(15-7)19-5)6-13-11(17)18-12(2,3)4;2*1-4-9-6(11)5(3-8)7(10-4)12-2;1-10-6(9)5(4-8)7(11-2)12-3;1-7-4(6)2-3-5;1-2(4)5-3;1-2;;1-2/h6H2,1-5H3,(H,13,17)(H,14,15,16);3,8H2,1-2H3,(H,9,10,11);1-2H3,(H,9,10,11);1-3H3;2H2,1H3;1H3,(H2,4,5);1H3;1H4;. The average Bonchev–Trinajstić information content (AvgIpc) is 3.33. The molecule has 3 aromatic heterocycles. The molecule has 0 spiro atoms. The van der Waals surface area contributed by atoms with Gasteiger partial charge in [0, 0.05) is 55.6 Å². The van der Waals surface area contributed by atoms with Crippen LogP contribution < -0.4 is 33.5 Å². The number of halogens is 4. The minimum absolute atomic E-state index is 0. The number of aromatic nitrogens is 6. The van der Waals surface area contributed by atoms with Crippen molar-refractivity contribution in [3.8, 4) is 18.2 Å². The van der Waals surface area contributed by atoms with Crippen molar-refractivity contribution in [3.63, 3.8) is 0 Å². The predicted octanol–water partition coefficient (Wildman–Crippen LogP) is 8.43. The maximum absolute atomic E-state index is 11.8. The van der Waals surface area contributed by atoms with Gasteiger partial charge in [0.2, 0.25) is 0 Å². The highest BCUT2D eigenvalue weighted by Gasteiger charge is 2.18. The molecule has 0 aromatic carbocycles. The maximum Gasteiger partial charge on any atom is 0.407 e. The zero-order valence-electron chi connectivity index (χ0n) is 41.6. The number of nitrogens with one attached hydrogen (secondary N) is 4. The highest BCUT2D eigenvalue weighted by molar-refractivity contribution is 15.0. The first-order chi connectivity index (χ1) is 33.4.